The molecule has 0 amide bonds. The minimum Gasteiger partial charge on any atom is -0.506 e. The van der Waals surface area contributed by atoms with E-state index in [1.807, 2.05) is 0 Å². The fraction of sp³-hybridized carbons (Fsp3) is 0.583. The van der Waals surface area contributed by atoms with Crippen LogP contribution in [-0.4, -0.2) is 21.2 Å². The van der Waals surface area contributed by atoms with Gasteiger partial charge in [-0.15, -0.1) is 0 Å². The Morgan fingerprint density at radius 2 is 2.25 bits per heavy atom. The Labute approximate surface area is 95.3 Å². The molecule has 0 spiro atoms. The zero-order valence-electron chi connectivity index (χ0n) is 9.53. The summed E-state index contributed by atoms with van der Waals surface area (Å²) in [7, 11) is 0. The molecule has 0 aliphatic heterocycles. The summed E-state index contributed by atoms with van der Waals surface area (Å²) in [6.45, 7) is 2.29. The van der Waals surface area contributed by atoms with Crippen molar-refractivity contribution in [1.82, 2.24) is 10.3 Å². The molecule has 4 nitrogen and oxygen atoms in total. The Kier molecular flexibility index (Phi) is 3.41. The first-order valence-corrected chi connectivity index (χ1v) is 5.73. The second kappa shape index (κ2) is 4.80. The third-order valence-electron chi connectivity index (χ3n) is 3.27. The lowest BCUT2D eigenvalue weighted by atomic mass is 9.93. The standard InChI is InChI=1S/C12H18N2O2/c1-8-12(16)11(9(7-15)5-13-8)6-14-10-3-2-4-10/h5,10,14-16H,2-4,6-7H2,1H3. The highest BCUT2D eigenvalue weighted by atomic mass is 16.3. The molecule has 0 atom stereocenters. The lowest BCUT2D eigenvalue weighted by Gasteiger charge is -2.27. The molecule has 88 valence electrons. The number of rotatable bonds is 4. The molecular formula is C12H18N2O2. The number of hydrogen-bond donors (Lipinski definition) is 3. The average molecular weight is 222 g/mol. The van der Waals surface area contributed by atoms with E-state index in [9.17, 15) is 10.2 Å². The van der Waals surface area contributed by atoms with E-state index in [-0.39, 0.29) is 12.4 Å². The van der Waals surface area contributed by atoms with Crippen LogP contribution in [0.2, 0.25) is 0 Å². The molecule has 1 aliphatic rings. The first-order valence-electron chi connectivity index (χ1n) is 5.73. The Balaban J connectivity index is 2.12. The second-order valence-corrected chi connectivity index (χ2v) is 4.36. The van der Waals surface area contributed by atoms with Crippen LogP contribution in [-0.2, 0) is 13.2 Å². The molecule has 0 aromatic carbocycles. The molecule has 1 aromatic rings. The van der Waals surface area contributed by atoms with Crippen LogP contribution in [0.5, 0.6) is 5.75 Å². The van der Waals surface area contributed by atoms with Gasteiger partial charge in [-0.3, -0.25) is 4.98 Å². The highest BCUT2D eigenvalue weighted by Gasteiger charge is 2.18. The van der Waals surface area contributed by atoms with Gasteiger partial charge in [0.2, 0.25) is 0 Å². The van der Waals surface area contributed by atoms with Crippen LogP contribution in [0.1, 0.15) is 36.1 Å². The van der Waals surface area contributed by atoms with Crippen molar-refractivity contribution in [3.05, 3.63) is 23.0 Å². The van der Waals surface area contributed by atoms with Gasteiger partial charge in [0.05, 0.1) is 12.3 Å². The van der Waals surface area contributed by atoms with Crippen molar-refractivity contribution in [1.29, 1.82) is 0 Å². The van der Waals surface area contributed by atoms with E-state index in [4.69, 9.17) is 0 Å². The zero-order valence-corrected chi connectivity index (χ0v) is 9.53. The van der Waals surface area contributed by atoms with E-state index >= 15 is 0 Å². The molecular weight excluding hydrogens is 204 g/mol. The largest absolute Gasteiger partial charge is 0.506 e. The highest BCUT2D eigenvalue weighted by molar-refractivity contribution is 5.40. The van der Waals surface area contributed by atoms with Gasteiger partial charge in [0.15, 0.2) is 0 Å². The number of pyridine rings is 1. The minimum absolute atomic E-state index is 0.0808. The first kappa shape index (κ1) is 11.4. The summed E-state index contributed by atoms with van der Waals surface area (Å²) in [5, 5.41) is 22.5. The number of nitrogens with zero attached hydrogens (tertiary/aromatic N) is 1. The van der Waals surface area contributed by atoms with Gasteiger partial charge in [-0.2, -0.15) is 0 Å². The van der Waals surface area contributed by atoms with Gasteiger partial charge in [-0.1, -0.05) is 6.42 Å². The topological polar surface area (TPSA) is 65.4 Å². The maximum atomic E-state index is 9.90. The summed E-state index contributed by atoms with van der Waals surface area (Å²) in [6.07, 6.45) is 5.33. The average Bonchev–Trinajstić information content (AvgIpc) is 2.22. The van der Waals surface area contributed by atoms with Gasteiger partial charge < -0.3 is 15.5 Å². The molecule has 1 heterocycles. The molecule has 2 rings (SSSR count). The first-order chi connectivity index (χ1) is 7.72. The number of aryl methyl sites for hydroxylation is 1. The summed E-state index contributed by atoms with van der Waals surface area (Å²) < 4.78 is 0. The van der Waals surface area contributed by atoms with E-state index in [1.54, 1.807) is 13.1 Å². The third-order valence-corrected chi connectivity index (χ3v) is 3.27. The minimum atomic E-state index is -0.0808. The second-order valence-electron chi connectivity index (χ2n) is 4.36. The van der Waals surface area contributed by atoms with Crippen LogP contribution in [0, 0.1) is 6.92 Å². The van der Waals surface area contributed by atoms with Crippen molar-refractivity contribution < 1.29 is 10.2 Å². The monoisotopic (exact) mass is 222 g/mol. The summed E-state index contributed by atoms with van der Waals surface area (Å²) in [4.78, 5) is 4.03. The Bertz CT molecular complexity index is 376. The predicted molar refractivity (Wildman–Crippen MR) is 61.0 cm³/mol. The molecule has 0 saturated heterocycles. The zero-order chi connectivity index (χ0) is 11.5. The van der Waals surface area contributed by atoms with Crippen molar-refractivity contribution in [2.75, 3.05) is 0 Å². The summed E-state index contributed by atoms with van der Waals surface area (Å²) in [5.41, 5.74) is 2.10. The third kappa shape index (κ3) is 2.18. The molecule has 0 radical (unpaired) electrons. The van der Waals surface area contributed by atoms with Gasteiger partial charge in [0.1, 0.15) is 5.75 Å². The number of aliphatic hydroxyl groups excluding tert-OH is 1. The maximum Gasteiger partial charge on any atom is 0.141 e. The van der Waals surface area contributed by atoms with Crippen molar-refractivity contribution in [3.8, 4) is 5.75 Å². The molecule has 16 heavy (non-hydrogen) atoms. The Morgan fingerprint density at radius 3 is 2.81 bits per heavy atom. The molecule has 1 saturated carbocycles. The highest BCUT2D eigenvalue weighted by Crippen LogP contribution is 2.25. The lowest BCUT2D eigenvalue weighted by Crippen LogP contribution is -2.34. The van der Waals surface area contributed by atoms with Gasteiger partial charge in [-0.25, -0.2) is 0 Å². The number of aliphatic hydroxyl groups is 1. The van der Waals surface area contributed by atoms with Crippen molar-refractivity contribution in [3.63, 3.8) is 0 Å². The van der Waals surface area contributed by atoms with E-state index in [2.05, 4.69) is 10.3 Å². The molecule has 0 unspecified atom stereocenters. The van der Waals surface area contributed by atoms with E-state index in [0.717, 1.165) is 5.56 Å². The molecule has 3 N–H and O–H groups in total. The number of aromatic hydroxyl groups is 1. The van der Waals surface area contributed by atoms with Gasteiger partial charge in [-0.05, 0) is 19.8 Å². The van der Waals surface area contributed by atoms with Crippen molar-refractivity contribution in [2.24, 2.45) is 0 Å². The van der Waals surface area contributed by atoms with Crippen LogP contribution >= 0.6 is 0 Å². The number of hydrogen-bond acceptors (Lipinski definition) is 4. The fourth-order valence-corrected chi connectivity index (χ4v) is 1.88. The molecule has 1 fully saturated rings. The Hall–Kier alpha value is -1.13. The molecule has 0 bridgehead atoms. The van der Waals surface area contributed by atoms with Crippen LogP contribution in [0.25, 0.3) is 0 Å². The van der Waals surface area contributed by atoms with E-state index < -0.39 is 0 Å². The lowest BCUT2D eigenvalue weighted by molar-refractivity contribution is 0.277. The summed E-state index contributed by atoms with van der Waals surface area (Å²) in [5.74, 6) is 0.207. The van der Waals surface area contributed by atoms with Crippen LogP contribution in [0.4, 0.5) is 0 Å². The van der Waals surface area contributed by atoms with Crippen molar-refractivity contribution >= 4 is 0 Å². The van der Waals surface area contributed by atoms with Crippen LogP contribution in [0.3, 0.4) is 0 Å². The van der Waals surface area contributed by atoms with Crippen LogP contribution < -0.4 is 5.32 Å². The predicted octanol–water partition coefficient (Wildman–Crippen LogP) is 1.23. The molecule has 1 aliphatic carbocycles. The SMILES string of the molecule is Cc1ncc(CO)c(CNC2CCC2)c1O. The Morgan fingerprint density at radius 1 is 1.50 bits per heavy atom. The smallest absolute Gasteiger partial charge is 0.141 e. The number of aromatic nitrogens is 1. The fourth-order valence-electron chi connectivity index (χ4n) is 1.88. The summed E-state index contributed by atoms with van der Waals surface area (Å²) >= 11 is 0. The van der Waals surface area contributed by atoms with Crippen molar-refractivity contribution in [2.45, 2.75) is 45.4 Å². The summed E-state index contributed by atoms with van der Waals surface area (Å²) in [6, 6.07) is 0.569. The molecule has 4 heteroatoms. The molecule has 1 aromatic heterocycles. The van der Waals surface area contributed by atoms with E-state index in [1.165, 1.54) is 19.3 Å². The maximum absolute atomic E-state index is 9.90. The normalized spacial score (nSPS) is 16.1. The van der Waals surface area contributed by atoms with Gasteiger partial charge >= 0.3 is 0 Å². The van der Waals surface area contributed by atoms with Gasteiger partial charge in [0, 0.05) is 29.9 Å². The number of nitrogens with one attached hydrogen (secondary N) is 1. The van der Waals surface area contributed by atoms with Crippen LogP contribution in [0.15, 0.2) is 6.20 Å². The quantitative estimate of drug-likeness (QED) is 0.717. The van der Waals surface area contributed by atoms with Gasteiger partial charge in [0.25, 0.3) is 0 Å². The van der Waals surface area contributed by atoms with E-state index in [0.29, 0.717) is 23.8 Å².